The Morgan fingerprint density at radius 1 is 1.20 bits per heavy atom. The SMILES string of the molecule is Cc1cc(N)cc(N(C)C2CCCC2)c1. The van der Waals surface area contributed by atoms with Gasteiger partial charge < -0.3 is 10.6 Å². The van der Waals surface area contributed by atoms with Crippen LogP contribution in [-0.4, -0.2) is 13.1 Å². The van der Waals surface area contributed by atoms with Crippen molar-refractivity contribution in [1.29, 1.82) is 0 Å². The Bertz CT molecular complexity index is 320. The average Bonchev–Trinajstić information content (AvgIpc) is 2.67. The molecule has 1 aromatic rings. The quantitative estimate of drug-likeness (QED) is 0.750. The summed E-state index contributed by atoms with van der Waals surface area (Å²) in [7, 11) is 2.18. The van der Waals surface area contributed by atoms with Crippen LogP contribution in [0.2, 0.25) is 0 Å². The summed E-state index contributed by atoms with van der Waals surface area (Å²) in [4.78, 5) is 2.39. The Morgan fingerprint density at radius 2 is 1.87 bits per heavy atom. The zero-order chi connectivity index (χ0) is 10.8. The smallest absolute Gasteiger partial charge is 0.0389 e. The molecule has 0 bridgehead atoms. The molecule has 0 spiro atoms. The number of nitrogens with zero attached hydrogens (tertiary/aromatic N) is 1. The molecule has 2 rings (SSSR count). The Hall–Kier alpha value is -1.18. The van der Waals surface area contributed by atoms with Gasteiger partial charge in [0, 0.05) is 24.5 Å². The molecule has 0 aliphatic heterocycles. The van der Waals surface area contributed by atoms with Gasteiger partial charge in [0.05, 0.1) is 0 Å². The van der Waals surface area contributed by atoms with E-state index in [-0.39, 0.29) is 0 Å². The van der Waals surface area contributed by atoms with E-state index in [1.54, 1.807) is 0 Å². The lowest BCUT2D eigenvalue weighted by molar-refractivity contribution is 0.653. The Kier molecular flexibility index (Phi) is 2.85. The first-order chi connectivity index (χ1) is 7.16. The van der Waals surface area contributed by atoms with Gasteiger partial charge in [-0.05, 0) is 43.5 Å². The highest BCUT2D eigenvalue weighted by Crippen LogP contribution is 2.28. The summed E-state index contributed by atoms with van der Waals surface area (Å²) in [6.07, 6.45) is 5.39. The van der Waals surface area contributed by atoms with Crippen molar-refractivity contribution in [2.24, 2.45) is 0 Å². The number of hydrogen-bond acceptors (Lipinski definition) is 2. The first-order valence-corrected chi connectivity index (χ1v) is 5.77. The van der Waals surface area contributed by atoms with E-state index >= 15 is 0 Å². The zero-order valence-corrected chi connectivity index (χ0v) is 9.66. The number of nitrogens with two attached hydrogens (primary N) is 1. The fraction of sp³-hybridized carbons (Fsp3) is 0.538. The van der Waals surface area contributed by atoms with Crippen molar-refractivity contribution in [3.05, 3.63) is 23.8 Å². The molecule has 2 N–H and O–H groups in total. The van der Waals surface area contributed by atoms with E-state index in [1.165, 1.54) is 36.9 Å². The Balaban J connectivity index is 2.20. The first kappa shape index (κ1) is 10.3. The summed E-state index contributed by atoms with van der Waals surface area (Å²) >= 11 is 0. The van der Waals surface area contributed by atoms with Crippen molar-refractivity contribution in [2.75, 3.05) is 17.7 Å². The fourth-order valence-electron chi connectivity index (χ4n) is 2.50. The second-order valence-corrected chi connectivity index (χ2v) is 4.65. The number of benzene rings is 1. The predicted molar refractivity (Wildman–Crippen MR) is 66.3 cm³/mol. The molecule has 0 saturated heterocycles. The summed E-state index contributed by atoms with van der Waals surface area (Å²) in [5.74, 6) is 0. The molecule has 82 valence electrons. The van der Waals surface area contributed by atoms with Crippen LogP contribution in [0.5, 0.6) is 0 Å². The van der Waals surface area contributed by atoms with Gasteiger partial charge in [0.15, 0.2) is 0 Å². The van der Waals surface area contributed by atoms with Crippen LogP contribution < -0.4 is 10.6 Å². The molecule has 0 atom stereocenters. The number of aryl methyl sites for hydroxylation is 1. The van der Waals surface area contributed by atoms with Crippen LogP contribution in [0.4, 0.5) is 11.4 Å². The topological polar surface area (TPSA) is 29.3 Å². The third-order valence-corrected chi connectivity index (χ3v) is 3.36. The minimum absolute atomic E-state index is 0.714. The van der Waals surface area contributed by atoms with Crippen LogP contribution >= 0.6 is 0 Å². The van der Waals surface area contributed by atoms with Crippen molar-refractivity contribution in [1.82, 2.24) is 0 Å². The molecular weight excluding hydrogens is 184 g/mol. The zero-order valence-electron chi connectivity index (χ0n) is 9.66. The average molecular weight is 204 g/mol. The molecule has 0 amide bonds. The van der Waals surface area contributed by atoms with Crippen LogP contribution in [-0.2, 0) is 0 Å². The number of rotatable bonds is 2. The van der Waals surface area contributed by atoms with Crippen molar-refractivity contribution in [2.45, 2.75) is 38.6 Å². The van der Waals surface area contributed by atoms with Crippen LogP contribution in [0.3, 0.4) is 0 Å². The van der Waals surface area contributed by atoms with Crippen molar-refractivity contribution < 1.29 is 0 Å². The van der Waals surface area contributed by atoms with Crippen molar-refractivity contribution in [3.63, 3.8) is 0 Å². The lowest BCUT2D eigenvalue weighted by atomic mass is 10.1. The number of nitrogen functional groups attached to an aromatic ring is 1. The van der Waals surface area contributed by atoms with E-state index < -0.39 is 0 Å². The molecule has 1 saturated carbocycles. The van der Waals surface area contributed by atoms with Gasteiger partial charge in [0.2, 0.25) is 0 Å². The lowest BCUT2D eigenvalue weighted by Crippen LogP contribution is -2.28. The van der Waals surface area contributed by atoms with E-state index in [2.05, 4.69) is 31.0 Å². The predicted octanol–water partition coefficient (Wildman–Crippen LogP) is 2.96. The normalized spacial score (nSPS) is 16.9. The van der Waals surface area contributed by atoms with Gasteiger partial charge in [-0.15, -0.1) is 0 Å². The van der Waals surface area contributed by atoms with Gasteiger partial charge in [0.25, 0.3) is 0 Å². The first-order valence-electron chi connectivity index (χ1n) is 5.77. The standard InChI is InChI=1S/C13H20N2/c1-10-7-11(14)9-13(8-10)15(2)12-5-3-4-6-12/h7-9,12H,3-6,14H2,1-2H3. The summed E-state index contributed by atoms with van der Waals surface area (Å²) in [6.45, 7) is 2.10. The molecule has 0 unspecified atom stereocenters. The van der Waals surface area contributed by atoms with Crippen LogP contribution in [0, 0.1) is 6.92 Å². The van der Waals surface area contributed by atoms with E-state index in [0.29, 0.717) is 6.04 Å². The summed E-state index contributed by atoms with van der Waals surface area (Å²) < 4.78 is 0. The second kappa shape index (κ2) is 4.13. The fourth-order valence-corrected chi connectivity index (χ4v) is 2.50. The molecule has 2 nitrogen and oxygen atoms in total. The molecule has 0 heterocycles. The summed E-state index contributed by atoms with van der Waals surface area (Å²) in [5, 5.41) is 0. The van der Waals surface area contributed by atoms with E-state index in [9.17, 15) is 0 Å². The highest BCUT2D eigenvalue weighted by molar-refractivity contribution is 5.58. The minimum atomic E-state index is 0.714. The molecule has 0 aromatic heterocycles. The molecule has 1 aliphatic rings. The number of hydrogen-bond donors (Lipinski definition) is 1. The van der Waals surface area contributed by atoms with Gasteiger partial charge >= 0.3 is 0 Å². The minimum Gasteiger partial charge on any atom is -0.399 e. The maximum Gasteiger partial charge on any atom is 0.0389 e. The van der Waals surface area contributed by atoms with E-state index in [4.69, 9.17) is 5.73 Å². The van der Waals surface area contributed by atoms with E-state index in [0.717, 1.165) is 5.69 Å². The molecular formula is C13H20N2. The van der Waals surface area contributed by atoms with Gasteiger partial charge in [-0.25, -0.2) is 0 Å². The molecule has 1 aliphatic carbocycles. The molecule has 15 heavy (non-hydrogen) atoms. The molecule has 0 radical (unpaired) electrons. The monoisotopic (exact) mass is 204 g/mol. The lowest BCUT2D eigenvalue weighted by Gasteiger charge is -2.27. The van der Waals surface area contributed by atoms with Crippen molar-refractivity contribution in [3.8, 4) is 0 Å². The summed E-state index contributed by atoms with van der Waals surface area (Å²) in [6, 6.07) is 7.03. The Morgan fingerprint density at radius 3 is 2.47 bits per heavy atom. The third-order valence-electron chi connectivity index (χ3n) is 3.36. The van der Waals surface area contributed by atoms with Crippen LogP contribution in [0.25, 0.3) is 0 Å². The Labute approximate surface area is 92.1 Å². The molecule has 1 aromatic carbocycles. The van der Waals surface area contributed by atoms with E-state index in [1.807, 2.05) is 6.07 Å². The van der Waals surface area contributed by atoms with Crippen LogP contribution in [0.15, 0.2) is 18.2 Å². The third kappa shape index (κ3) is 2.25. The van der Waals surface area contributed by atoms with Crippen molar-refractivity contribution >= 4 is 11.4 Å². The second-order valence-electron chi connectivity index (χ2n) is 4.65. The highest BCUT2D eigenvalue weighted by atomic mass is 15.1. The van der Waals surface area contributed by atoms with Gasteiger partial charge in [-0.3, -0.25) is 0 Å². The van der Waals surface area contributed by atoms with Gasteiger partial charge in [0.1, 0.15) is 0 Å². The largest absolute Gasteiger partial charge is 0.399 e. The van der Waals surface area contributed by atoms with Gasteiger partial charge in [-0.1, -0.05) is 12.8 Å². The summed E-state index contributed by atoms with van der Waals surface area (Å²) in [5.41, 5.74) is 9.25. The highest BCUT2D eigenvalue weighted by Gasteiger charge is 2.19. The molecule has 2 heteroatoms. The number of anilines is 2. The molecule has 1 fully saturated rings. The maximum atomic E-state index is 5.87. The van der Waals surface area contributed by atoms with Crippen LogP contribution in [0.1, 0.15) is 31.2 Å². The van der Waals surface area contributed by atoms with Gasteiger partial charge in [-0.2, -0.15) is 0 Å². The maximum absolute atomic E-state index is 5.87.